The van der Waals surface area contributed by atoms with Crippen LogP contribution in [0.3, 0.4) is 0 Å². The first kappa shape index (κ1) is 11.8. The van der Waals surface area contributed by atoms with Crippen LogP contribution in [0.25, 0.3) is 0 Å². The van der Waals surface area contributed by atoms with Gasteiger partial charge in [0.2, 0.25) is 0 Å². The minimum Gasteiger partial charge on any atom is -0.456 e. The monoisotopic (exact) mass is 210 g/mol. The Hall–Kier alpha value is -1.29. The zero-order valence-corrected chi connectivity index (χ0v) is 9.68. The van der Waals surface area contributed by atoms with Gasteiger partial charge in [-0.2, -0.15) is 0 Å². The number of carbonyl (C=O) groups is 1. The van der Waals surface area contributed by atoms with Crippen LogP contribution in [0.2, 0.25) is 0 Å². The predicted molar refractivity (Wildman–Crippen MR) is 58.8 cm³/mol. The number of carbonyl (C=O) groups excluding carboxylic acids is 1. The molecule has 0 aliphatic carbocycles. The van der Waals surface area contributed by atoms with E-state index in [9.17, 15) is 4.79 Å². The van der Waals surface area contributed by atoms with E-state index in [4.69, 9.17) is 10.2 Å². The number of aryl methyl sites for hydroxylation is 2. The largest absolute Gasteiger partial charge is 0.456 e. The summed E-state index contributed by atoms with van der Waals surface area (Å²) in [7, 11) is 0. The van der Waals surface area contributed by atoms with Gasteiger partial charge in [-0.25, -0.2) is 0 Å². The molecule has 0 spiro atoms. The van der Waals surface area contributed by atoms with Crippen LogP contribution in [-0.4, -0.2) is 18.0 Å². The number of nitrogens with two attached hydrogens (primary N) is 1. The zero-order chi connectivity index (χ0) is 11.6. The Balaban J connectivity index is 2.82. The zero-order valence-electron chi connectivity index (χ0n) is 9.68. The fourth-order valence-corrected chi connectivity index (χ4v) is 1.28. The van der Waals surface area contributed by atoms with E-state index >= 15 is 0 Å². The molecule has 1 heterocycles. The van der Waals surface area contributed by atoms with Crippen LogP contribution in [-0.2, 0) is 0 Å². The van der Waals surface area contributed by atoms with Gasteiger partial charge in [-0.05, 0) is 33.8 Å². The maximum Gasteiger partial charge on any atom is 0.287 e. The van der Waals surface area contributed by atoms with Gasteiger partial charge in [0.15, 0.2) is 5.76 Å². The molecule has 1 rings (SSSR count). The number of nitrogens with one attached hydrogen (secondary N) is 1. The average Bonchev–Trinajstić information content (AvgIpc) is 2.45. The Labute approximate surface area is 89.8 Å². The maximum atomic E-state index is 11.8. The fraction of sp³-hybridized carbons (Fsp3) is 0.545. The van der Waals surface area contributed by atoms with Crippen molar-refractivity contribution >= 4 is 5.91 Å². The van der Waals surface area contributed by atoms with Crippen molar-refractivity contribution < 1.29 is 9.21 Å². The molecule has 0 fully saturated rings. The van der Waals surface area contributed by atoms with Crippen molar-refractivity contribution in [1.82, 2.24) is 5.32 Å². The molecule has 0 aliphatic rings. The summed E-state index contributed by atoms with van der Waals surface area (Å²) in [5, 5.41) is 2.82. The van der Waals surface area contributed by atoms with Crippen molar-refractivity contribution in [1.29, 1.82) is 0 Å². The van der Waals surface area contributed by atoms with E-state index in [1.807, 2.05) is 33.8 Å². The predicted octanol–water partition coefficient (Wildman–Crippen LogP) is 1.36. The van der Waals surface area contributed by atoms with Crippen LogP contribution in [0.1, 0.15) is 35.7 Å². The van der Waals surface area contributed by atoms with Crippen LogP contribution in [0, 0.1) is 13.8 Å². The molecule has 84 valence electrons. The van der Waals surface area contributed by atoms with Crippen molar-refractivity contribution in [2.45, 2.75) is 33.2 Å². The lowest BCUT2D eigenvalue weighted by atomic mass is 10.1. The van der Waals surface area contributed by atoms with E-state index in [0.717, 1.165) is 11.3 Å². The molecule has 0 aliphatic heterocycles. The summed E-state index contributed by atoms with van der Waals surface area (Å²) in [5.41, 5.74) is 5.96. The van der Waals surface area contributed by atoms with Crippen molar-refractivity contribution in [2.75, 3.05) is 6.54 Å². The molecule has 0 radical (unpaired) electrons. The van der Waals surface area contributed by atoms with Gasteiger partial charge in [0.1, 0.15) is 5.76 Å². The van der Waals surface area contributed by atoms with Gasteiger partial charge in [-0.3, -0.25) is 4.79 Å². The molecular formula is C11H18N2O2. The SMILES string of the molecule is Cc1cc(C)c(C(=O)NC(C)(C)CN)o1. The molecule has 3 N–H and O–H groups in total. The van der Waals surface area contributed by atoms with Gasteiger partial charge in [0, 0.05) is 17.6 Å². The summed E-state index contributed by atoms with van der Waals surface area (Å²) < 4.78 is 5.31. The van der Waals surface area contributed by atoms with E-state index in [-0.39, 0.29) is 5.91 Å². The normalized spacial score (nSPS) is 11.5. The van der Waals surface area contributed by atoms with Gasteiger partial charge < -0.3 is 15.5 Å². The van der Waals surface area contributed by atoms with Crippen molar-refractivity contribution in [3.8, 4) is 0 Å². The number of rotatable bonds is 3. The molecule has 0 saturated carbocycles. The van der Waals surface area contributed by atoms with E-state index in [1.54, 1.807) is 0 Å². The molecule has 15 heavy (non-hydrogen) atoms. The van der Waals surface area contributed by atoms with E-state index in [1.165, 1.54) is 0 Å². The number of amides is 1. The third-order valence-corrected chi connectivity index (χ3v) is 2.21. The Bertz CT molecular complexity index is 367. The first-order chi connectivity index (χ1) is 6.85. The van der Waals surface area contributed by atoms with E-state index in [2.05, 4.69) is 5.32 Å². The summed E-state index contributed by atoms with van der Waals surface area (Å²) in [5.74, 6) is 0.897. The molecule has 4 nitrogen and oxygen atoms in total. The summed E-state index contributed by atoms with van der Waals surface area (Å²) in [6, 6.07) is 1.84. The Morgan fingerprint density at radius 1 is 1.53 bits per heavy atom. The number of hydrogen-bond acceptors (Lipinski definition) is 3. The first-order valence-corrected chi connectivity index (χ1v) is 4.95. The smallest absolute Gasteiger partial charge is 0.287 e. The third kappa shape index (κ3) is 2.83. The highest BCUT2D eigenvalue weighted by atomic mass is 16.3. The van der Waals surface area contributed by atoms with Crippen molar-refractivity contribution in [2.24, 2.45) is 5.73 Å². The second-order valence-electron chi connectivity index (χ2n) is 4.41. The summed E-state index contributed by atoms with van der Waals surface area (Å²) in [6.45, 7) is 7.79. The average molecular weight is 210 g/mol. The minimum absolute atomic E-state index is 0.212. The van der Waals surface area contributed by atoms with Crippen LogP contribution < -0.4 is 11.1 Å². The van der Waals surface area contributed by atoms with Gasteiger partial charge in [-0.1, -0.05) is 0 Å². The Morgan fingerprint density at radius 2 is 2.13 bits per heavy atom. The summed E-state index contributed by atoms with van der Waals surface area (Å²) in [4.78, 5) is 11.8. The highest BCUT2D eigenvalue weighted by molar-refractivity contribution is 5.93. The standard InChI is InChI=1S/C11H18N2O2/c1-7-5-8(2)15-9(7)10(14)13-11(3,4)6-12/h5H,6,12H2,1-4H3,(H,13,14). The van der Waals surface area contributed by atoms with Crippen LogP contribution >= 0.6 is 0 Å². The topological polar surface area (TPSA) is 68.3 Å². The van der Waals surface area contributed by atoms with Gasteiger partial charge in [0.05, 0.1) is 0 Å². The van der Waals surface area contributed by atoms with Gasteiger partial charge in [-0.15, -0.1) is 0 Å². The molecule has 0 bridgehead atoms. The molecule has 1 amide bonds. The number of furan rings is 1. The van der Waals surface area contributed by atoms with E-state index in [0.29, 0.717) is 12.3 Å². The lowest BCUT2D eigenvalue weighted by molar-refractivity contribution is 0.0885. The molecule has 1 aromatic heterocycles. The first-order valence-electron chi connectivity index (χ1n) is 4.95. The molecule has 4 heteroatoms. The molecule has 0 atom stereocenters. The Kier molecular flexibility index (Phi) is 3.19. The maximum absolute atomic E-state index is 11.8. The molecule has 0 unspecified atom stereocenters. The summed E-state index contributed by atoms with van der Waals surface area (Å²) >= 11 is 0. The second kappa shape index (κ2) is 4.06. The lowest BCUT2D eigenvalue weighted by Gasteiger charge is -2.23. The van der Waals surface area contributed by atoms with Gasteiger partial charge >= 0.3 is 0 Å². The second-order valence-corrected chi connectivity index (χ2v) is 4.41. The lowest BCUT2D eigenvalue weighted by Crippen LogP contribution is -2.48. The van der Waals surface area contributed by atoms with Gasteiger partial charge in [0.25, 0.3) is 5.91 Å². The molecule has 0 aromatic carbocycles. The third-order valence-electron chi connectivity index (χ3n) is 2.21. The van der Waals surface area contributed by atoms with Crippen LogP contribution in [0.5, 0.6) is 0 Å². The quantitative estimate of drug-likeness (QED) is 0.791. The van der Waals surface area contributed by atoms with Crippen molar-refractivity contribution in [3.63, 3.8) is 0 Å². The van der Waals surface area contributed by atoms with Crippen LogP contribution in [0.4, 0.5) is 0 Å². The highest BCUT2D eigenvalue weighted by Gasteiger charge is 2.22. The fourth-order valence-electron chi connectivity index (χ4n) is 1.28. The van der Waals surface area contributed by atoms with E-state index < -0.39 is 5.54 Å². The van der Waals surface area contributed by atoms with Crippen LogP contribution in [0.15, 0.2) is 10.5 Å². The highest BCUT2D eigenvalue weighted by Crippen LogP contribution is 2.14. The molecular weight excluding hydrogens is 192 g/mol. The Morgan fingerprint density at radius 3 is 2.53 bits per heavy atom. The molecule has 1 aromatic rings. The molecule has 0 saturated heterocycles. The van der Waals surface area contributed by atoms with Crippen molar-refractivity contribution in [3.05, 3.63) is 23.2 Å². The number of hydrogen-bond donors (Lipinski definition) is 2. The summed E-state index contributed by atoms with van der Waals surface area (Å²) in [6.07, 6.45) is 0. The minimum atomic E-state index is -0.412.